The van der Waals surface area contributed by atoms with Crippen molar-refractivity contribution in [3.8, 4) is 0 Å². The van der Waals surface area contributed by atoms with E-state index in [2.05, 4.69) is 123 Å². The monoisotopic (exact) mass is 610 g/mol. The fourth-order valence-electron chi connectivity index (χ4n) is 5.76. The number of halogens is 1. The van der Waals surface area contributed by atoms with Gasteiger partial charge in [-0.3, -0.25) is 4.79 Å². The van der Waals surface area contributed by atoms with Crippen LogP contribution in [-0.4, -0.2) is 35.0 Å². The first-order valence-corrected chi connectivity index (χ1v) is 13.0. The highest BCUT2D eigenvalue weighted by atomic mass is 127. The van der Waals surface area contributed by atoms with E-state index in [9.17, 15) is 4.79 Å². The highest BCUT2D eigenvalue weighted by Gasteiger charge is 2.42. The molecule has 37 heavy (non-hydrogen) atoms. The Balaban J connectivity index is 0.00000380. The van der Waals surface area contributed by atoms with E-state index in [1.807, 2.05) is 0 Å². The fraction of sp³-hybridized carbons (Fsp3) is 0.375. The molecule has 0 saturated carbocycles. The molecule has 4 rings (SSSR count). The zero-order chi connectivity index (χ0) is 25.9. The van der Waals surface area contributed by atoms with Gasteiger partial charge in [0.15, 0.2) is 5.71 Å². The summed E-state index contributed by atoms with van der Waals surface area (Å²) >= 11 is 0. The summed E-state index contributed by atoms with van der Waals surface area (Å²) in [6, 6.07) is 17.3. The number of carboxylic acid groups (broad SMARTS) is 1. The normalized spacial score (nSPS) is 18.5. The van der Waals surface area contributed by atoms with E-state index in [4.69, 9.17) is 5.11 Å². The average molecular weight is 611 g/mol. The number of unbranched alkanes of at least 4 members (excludes halogenated alkanes) is 2. The first-order valence-electron chi connectivity index (χ1n) is 13.0. The van der Waals surface area contributed by atoms with Gasteiger partial charge in [-0.15, -0.1) is 0 Å². The molecule has 1 N–H and O–H groups in total. The summed E-state index contributed by atoms with van der Waals surface area (Å²) in [4.78, 5) is 13.3. The SMILES string of the molecule is C[N+]1=C(/C=C/C=C/C=C2/N(CCCCCC(=O)O)c3ccccc3C2(C)C)C(C)(C)c2ccccc21.[I-]. The zero-order valence-electron chi connectivity index (χ0n) is 22.7. The molecule has 0 spiro atoms. The Morgan fingerprint density at radius 1 is 0.892 bits per heavy atom. The van der Waals surface area contributed by atoms with Crippen molar-refractivity contribution < 1.29 is 38.5 Å². The van der Waals surface area contributed by atoms with Gasteiger partial charge in [0, 0.05) is 47.5 Å². The predicted octanol–water partition coefficient (Wildman–Crippen LogP) is 4.14. The van der Waals surface area contributed by atoms with Gasteiger partial charge < -0.3 is 34.0 Å². The molecule has 2 aliphatic rings. The minimum atomic E-state index is -0.712. The molecule has 0 atom stereocenters. The van der Waals surface area contributed by atoms with Gasteiger partial charge in [0.1, 0.15) is 7.05 Å². The van der Waals surface area contributed by atoms with Gasteiger partial charge in [-0.25, -0.2) is 0 Å². The highest BCUT2D eigenvalue weighted by molar-refractivity contribution is 6.03. The third kappa shape index (κ3) is 5.77. The summed E-state index contributed by atoms with van der Waals surface area (Å²) in [6.07, 6.45) is 13.7. The van der Waals surface area contributed by atoms with Crippen LogP contribution in [0.2, 0.25) is 0 Å². The third-order valence-corrected chi connectivity index (χ3v) is 7.74. The number of hydrogen-bond donors (Lipinski definition) is 1. The summed E-state index contributed by atoms with van der Waals surface area (Å²) < 4.78 is 2.29. The second-order valence-corrected chi connectivity index (χ2v) is 10.9. The van der Waals surface area contributed by atoms with Gasteiger partial charge in [0.2, 0.25) is 5.69 Å². The van der Waals surface area contributed by atoms with Crippen LogP contribution in [-0.2, 0) is 15.6 Å². The van der Waals surface area contributed by atoms with Crippen LogP contribution in [0.1, 0.15) is 64.5 Å². The zero-order valence-corrected chi connectivity index (χ0v) is 24.8. The van der Waals surface area contributed by atoms with Gasteiger partial charge in [0.25, 0.3) is 0 Å². The summed E-state index contributed by atoms with van der Waals surface area (Å²) in [6.45, 7) is 10.0. The van der Waals surface area contributed by atoms with Crippen LogP contribution in [0.4, 0.5) is 11.4 Å². The molecule has 5 heteroatoms. The minimum Gasteiger partial charge on any atom is -1.00 e. The first kappa shape index (κ1) is 28.9. The molecule has 0 saturated heterocycles. The number of anilines is 1. The lowest BCUT2D eigenvalue weighted by atomic mass is 9.81. The van der Waals surface area contributed by atoms with Crippen molar-refractivity contribution >= 4 is 23.1 Å². The number of rotatable bonds is 9. The van der Waals surface area contributed by atoms with E-state index >= 15 is 0 Å². The van der Waals surface area contributed by atoms with Gasteiger partial charge in [-0.1, -0.05) is 74.9 Å². The number of fused-ring (bicyclic) bond motifs is 2. The topological polar surface area (TPSA) is 43.5 Å². The van der Waals surface area contributed by atoms with Crippen molar-refractivity contribution in [1.29, 1.82) is 0 Å². The molecule has 0 aliphatic carbocycles. The molecule has 2 heterocycles. The van der Waals surface area contributed by atoms with Gasteiger partial charge >= 0.3 is 5.97 Å². The fourth-order valence-corrected chi connectivity index (χ4v) is 5.76. The van der Waals surface area contributed by atoms with Crippen molar-refractivity contribution in [2.75, 3.05) is 18.5 Å². The molecule has 0 bridgehead atoms. The lowest BCUT2D eigenvalue weighted by Gasteiger charge is -2.27. The van der Waals surface area contributed by atoms with Crippen LogP contribution in [0.3, 0.4) is 0 Å². The molecule has 2 aliphatic heterocycles. The molecule has 2 aromatic carbocycles. The standard InChI is InChI=1S/C32H38N2O2.HI/c1-31(2)24-16-11-13-18-26(24)33(5)28(31)20-8-6-9-21-29-32(3,4)25-17-12-14-19-27(25)34(29)23-15-7-10-22-30(35)36;/h6,8-9,11-14,16-21H,7,10,15,22-23H2,1-5H3;1H. The molecule has 0 aromatic heterocycles. The third-order valence-electron chi connectivity index (χ3n) is 7.74. The molecular weight excluding hydrogens is 571 g/mol. The van der Waals surface area contributed by atoms with Crippen molar-refractivity contribution in [1.82, 2.24) is 0 Å². The van der Waals surface area contributed by atoms with Crippen LogP contribution in [0, 0.1) is 0 Å². The largest absolute Gasteiger partial charge is 1.00 e. The summed E-state index contributed by atoms with van der Waals surface area (Å²) in [5.41, 5.74) is 7.70. The summed E-state index contributed by atoms with van der Waals surface area (Å²) in [7, 11) is 2.14. The summed E-state index contributed by atoms with van der Waals surface area (Å²) in [5.74, 6) is -0.712. The van der Waals surface area contributed by atoms with Gasteiger partial charge in [-0.2, -0.15) is 4.58 Å². The van der Waals surface area contributed by atoms with E-state index < -0.39 is 5.97 Å². The van der Waals surface area contributed by atoms with Crippen molar-refractivity contribution in [3.05, 3.63) is 95.7 Å². The smallest absolute Gasteiger partial charge is 0.303 e. The number of hydrogen-bond acceptors (Lipinski definition) is 2. The second-order valence-electron chi connectivity index (χ2n) is 10.9. The molecule has 0 amide bonds. The molecule has 0 unspecified atom stereocenters. The number of carboxylic acids is 1. The highest BCUT2D eigenvalue weighted by Crippen LogP contribution is 2.47. The Labute approximate surface area is 239 Å². The van der Waals surface area contributed by atoms with Gasteiger partial charge in [0.05, 0.1) is 5.41 Å². The minimum absolute atomic E-state index is 0. The maximum Gasteiger partial charge on any atom is 0.303 e. The van der Waals surface area contributed by atoms with Crippen LogP contribution in [0.25, 0.3) is 0 Å². The number of carbonyl (C=O) groups is 1. The predicted molar refractivity (Wildman–Crippen MR) is 150 cm³/mol. The Hall–Kier alpha value is -2.67. The molecule has 2 aromatic rings. The van der Waals surface area contributed by atoms with Gasteiger partial charge in [-0.05, 0) is 44.4 Å². The average Bonchev–Trinajstić information content (AvgIpc) is 3.18. The number of nitrogens with zero attached hydrogens (tertiary/aromatic N) is 2. The van der Waals surface area contributed by atoms with E-state index in [1.165, 1.54) is 33.9 Å². The first-order chi connectivity index (χ1) is 17.2. The van der Waals surface area contributed by atoms with E-state index in [0.717, 1.165) is 25.8 Å². The van der Waals surface area contributed by atoms with Crippen LogP contribution in [0.15, 0.2) is 84.6 Å². The van der Waals surface area contributed by atoms with Crippen LogP contribution < -0.4 is 28.9 Å². The molecular formula is C32H39IN2O2. The maximum absolute atomic E-state index is 10.8. The molecule has 0 radical (unpaired) electrons. The number of benzene rings is 2. The Bertz CT molecular complexity index is 1270. The van der Waals surface area contributed by atoms with Crippen molar-refractivity contribution in [2.24, 2.45) is 0 Å². The Morgan fingerprint density at radius 2 is 1.57 bits per heavy atom. The molecule has 4 nitrogen and oxygen atoms in total. The molecule has 196 valence electrons. The lowest BCUT2D eigenvalue weighted by molar-refractivity contribution is -0.401. The lowest BCUT2D eigenvalue weighted by Crippen LogP contribution is -3.00. The van der Waals surface area contributed by atoms with E-state index in [-0.39, 0.29) is 41.2 Å². The quantitative estimate of drug-likeness (QED) is 0.201. The van der Waals surface area contributed by atoms with Crippen LogP contribution in [0.5, 0.6) is 0 Å². The Morgan fingerprint density at radius 3 is 2.27 bits per heavy atom. The number of aliphatic carboxylic acids is 1. The maximum atomic E-state index is 10.8. The number of para-hydroxylation sites is 2. The number of allylic oxidation sites excluding steroid dienone is 6. The Kier molecular flexibility index (Phi) is 9.22. The second kappa shape index (κ2) is 11.8. The van der Waals surface area contributed by atoms with E-state index in [0.29, 0.717) is 0 Å². The van der Waals surface area contributed by atoms with Crippen molar-refractivity contribution in [2.45, 2.75) is 64.2 Å². The summed E-state index contributed by atoms with van der Waals surface area (Å²) in [5, 5.41) is 8.93. The van der Waals surface area contributed by atoms with Crippen LogP contribution >= 0.6 is 0 Å². The van der Waals surface area contributed by atoms with Crippen molar-refractivity contribution in [3.63, 3.8) is 0 Å². The van der Waals surface area contributed by atoms with E-state index in [1.54, 1.807) is 0 Å². The molecule has 0 fully saturated rings.